The molecule has 2 unspecified atom stereocenters. The zero-order chi connectivity index (χ0) is 17.1. The van der Waals surface area contributed by atoms with Gasteiger partial charge in [-0.3, -0.25) is 4.79 Å². The Hall–Kier alpha value is -0.360. The maximum atomic E-state index is 12.2. The van der Waals surface area contributed by atoms with Gasteiger partial charge in [0.05, 0.1) is 10.7 Å². The van der Waals surface area contributed by atoms with Crippen molar-refractivity contribution in [3.63, 3.8) is 0 Å². The number of halogens is 2. The molecule has 2 N–H and O–H groups in total. The van der Waals surface area contributed by atoms with E-state index in [1.807, 2.05) is 0 Å². The summed E-state index contributed by atoms with van der Waals surface area (Å²) in [7, 11) is 0. The average Bonchev–Trinajstić information content (AvgIpc) is 3.22. The number of thiazole rings is 1. The highest BCUT2D eigenvalue weighted by atomic mass is 35.5. The Morgan fingerprint density at radius 3 is 2.52 bits per heavy atom. The Morgan fingerprint density at radius 2 is 1.81 bits per heavy atom. The fourth-order valence-electron chi connectivity index (χ4n) is 5.01. The molecule has 2 saturated heterocycles. The van der Waals surface area contributed by atoms with Crippen molar-refractivity contribution in [1.29, 1.82) is 0 Å². The van der Waals surface area contributed by atoms with Gasteiger partial charge in [-0.2, -0.15) is 0 Å². The van der Waals surface area contributed by atoms with E-state index < -0.39 is 0 Å². The van der Waals surface area contributed by atoms with Gasteiger partial charge in [0.15, 0.2) is 0 Å². The van der Waals surface area contributed by atoms with E-state index in [9.17, 15) is 4.79 Å². The molecule has 2 aliphatic heterocycles. The third-order valence-electron chi connectivity index (χ3n) is 6.30. The standard InChI is InChI=1S/C20H31N3OS.2ClH/c24-19(12-14-10-16-6-7-17(11-14)22-16)21-9-8-20-23-18(13-25-20)15-4-2-1-3-5-15;;/h13-17,22H,1-12H2,(H,21,24);2*1H. The van der Waals surface area contributed by atoms with Crippen molar-refractivity contribution in [2.75, 3.05) is 6.54 Å². The second-order valence-corrected chi connectivity index (χ2v) is 9.22. The van der Waals surface area contributed by atoms with Crippen molar-refractivity contribution < 1.29 is 4.79 Å². The van der Waals surface area contributed by atoms with Crippen molar-refractivity contribution in [2.45, 2.75) is 88.6 Å². The lowest BCUT2D eigenvalue weighted by Crippen LogP contribution is -2.39. The van der Waals surface area contributed by atoms with Crippen LogP contribution in [-0.4, -0.2) is 29.5 Å². The largest absolute Gasteiger partial charge is 0.356 e. The zero-order valence-electron chi connectivity index (χ0n) is 16.0. The monoisotopic (exact) mass is 433 g/mol. The smallest absolute Gasteiger partial charge is 0.220 e. The third kappa shape index (κ3) is 6.31. The van der Waals surface area contributed by atoms with Gasteiger partial charge < -0.3 is 10.6 Å². The Bertz CT molecular complexity index is 580. The molecule has 1 amide bonds. The van der Waals surface area contributed by atoms with Gasteiger partial charge in [-0.25, -0.2) is 4.98 Å². The van der Waals surface area contributed by atoms with Gasteiger partial charge in [0.1, 0.15) is 0 Å². The fourth-order valence-corrected chi connectivity index (χ4v) is 5.89. The first-order valence-corrected chi connectivity index (χ1v) is 11.1. The lowest BCUT2D eigenvalue weighted by molar-refractivity contribution is -0.122. The van der Waals surface area contributed by atoms with Crippen LogP contribution < -0.4 is 10.6 Å². The highest BCUT2D eigenvalue weighted by Crippen LogP contribution is 2.33. The van der Waals surface area contributed by atoms with Gasteiger partial charge in [-0.1, -0.05) is 19.3 Å². The van der Waals surface area contributed by atoms with Gasteiger partial charge in [0.25, 0.3) is 0 Å². The van der Waals surface area contributed by atoms with Crippen LogP contribution in [0, 0.1) is 5.92 Å². The molecule has 2 bridgehead atoms. The number of nitrogens with zero attached hydrogens (tertiary/aromatic N) is 1. The predicted molar refractivity (Wildman–Crippen MR) is 116 cm³/mol. The lowest BCUT2D eigenvalue weighted by atomic mass is 9.87. The number of rotatable bonds is 6. The molecule has 1 aliphatic carbocycles. The van der Waals surface area contributed by atoms with Crippen molar-refractivity contribution in [1.82, 2.24) is 15.6 Å². The number of carbonyl (C=O) groups excluding carboxylic acids is 1. The van der Waals surface area contributed by atoms with E-state index in [0.29, 0.717) is 30.3 Å². The zero-order valence-corrected chi connectivity index (χ0v) is 18.4. The number of carbonyl (C=O) groups is 1. The van der Waals surface area contributed by atoms with Gasteiger partial charge in [-0.15, -0.1) is 36.2 Å². The third-order valence-corrected chi connectivity index (χ3v) is 7.23. The maximum Gasteiger partial charge on any atom is 0.220 e. The van der Waals surface area contributed by atoms with Gasteiger partial charge in [-0.05, 0) is 44.4 Å². The Labute approximate surface area is 179 Å². The van der Waals surface area contributed by atoms with Crippen molar-refractivity contribution in [3.05, 3.63) is 16.1 Å². The van der Waals surface area contributed by atoms with E-state index in [1.54, 1.807) is 11.3 Å². The molecule has 1 aromatic rings. The summed E-state index contributed by atoms with van der Waals surface area (Å²) in [5, 5.41) is 10.2. The minimum Gasteiger partial charge on any atom is -0.356 e. The number of fused-ring (bicyclic) bond motifs is 2. The molecule has 3 fully saturated rings. The highest BCUT2D eigenvalue weighted by molar-refractivity contribution is 7.09. The van der Waals surface area contributed by atoms with Crippen LogP contribution in [0.25, 0.3) is 0 Å². The Balaban J connectivity index is 0.00000131. The first kappa shape index (κ1) is 22.9. The normalized spacial score (nSPS) is 27.5. The minimum absolute atomic E-state index is 0. The summed E-state index contributed by atoms with van der Waals surface area (Å²) in [6.07, 6.45) is 13.3. The summed E-state index contributed by atoms with van der Waals surface area (Å²) in [6, 6.07) is 1.34. The topological polar surface area (TPSA) is 54.0 Å². The maximum absolute atomic E-state index is 12.2. The van der Waals surface area contributed by atoms with Crippen molar-refractivity contribution in [3.8, 4) is 0 Å². The van der Waals surface area contributed by atoms with Crippen LogP contribution in [0.2, 0.25) is 0 Å². The Morgan fingerprint density at radius 1 is 1.11 bits per heavy atom. The molecular weight excluding hydrogens is 401 g/mol. The Kier molecular flexibility index (Phi) is 9.33. The lowest BCUT2D eigenvalue weighted by Gasteiger charge is -2.28. The quantitative estimate of drug-likeness (QED) is 0.687. The minimum atomic E-state index is 0. The van der Waals surface area contributed by atoms with Crippen molar-refractivity contribution in [2.24, 2.45) is 5.92 Å². The second kappa shape index (κ2) is 11.0. The van der Waals surface area contributed by atoms with Crippen LogP contribution in [0.1, 0.15) is 80.8 Å². The summed E-state index contributed by atoms with van der Waals surface area (Å²) >= 11 is 1.77. The molecule has 0 aromatic carbocycles. The predicted octanol–water partition coefficient (Wildman–Crippen LogP) is 4.61. The number of amides is 1. The van der Waals surface area contributed by atoms with E-state index in [2.05, 4.69) is 16.0 Å². The number of aromatic nitrogens is 1. The molecule has 4 nitrogen and oxygen atoms in total. The average molecular weight is 434 g/mol. The molecular formula is C20H33Cl2N3OS. The molecule has 0 radical (unpaired) electrons. The van der Waals surface area contributed by atoms with Crippen LogP contribution in [0.15, 0.2) is 5.38 Å². The summed E-state index contributed by atoms with van der Waals surface area (Å²) in [5.41, 5.74) is 1.30. The van der Waals surface area contributed by atoms with Crippen LogP contribution in [0.3, 0.4) is 0 Å². The van der Waals surface area contributed by atoms with Gasteiger partial charge in [0, 0.05) is 42.8 Å². The first-order chi connectivity index (χ1) is 12.3. The van der Waals surface area contributed by atoms with Crippen LogP contribution in [0.5, 0.6) is 0 Å². The molecule has 27 heavy (non-hydrogen) atoms. The number of nitrogens with one attached hydrogen (secondary N) is 2. The van der Waals surface area contributed by atoms with E-state index in [1.165, 1.54) is 68.5 Å². The van der Waals surface area contributed by atoms with Crippen LogP contribution >= 0.6 is 36.2 Å². The molecule has 3 aliphatic rings. The molecule has 1 aromatic heterocycles. The van der Waals surface area contributed by atoms with Crippen molar-refractivity contribution >= 4 is 42.1 Å². The second-order valence-electron chi connectivity index (χ2n) is 8.28. The molecule has 3 heterocycles. The molecule has 7 heteroatoms. The molecule has 4 rings (SSSR count). The summed E-state index contributed by atoms with van der Waals surface area (Å²) in [5.74, 6) is 1.50. The summed E-state index contributed by atoms with van der Waals surface area (Å²) in [4.78, 5) is 17.1. The molecule has 154 valence electrons. The number of hydrogen-bond acceptors (Lipinski definition) is 4. The summed E-state index contributed by atoms with van der Waals surface area (Å²) < 4.78 is 0. The van der Waals surface area contributed by atoms with Crippen LogP contribution in [0.4, 0.5) is 0 Å². The number of piperidine rings is 1. The molecule has 2 atom stereocenters. The number of hydrogen-bond donors (Lipinski definition) is 2. The van der Waals surface area contributed by atoms with E-state index in [0.717, 1.165) is 13.0 Å². The molecule has 0 spiro atoms. The fraction of sp³-hybridized carbons (Fsp3) is 0.800. The SMILES string of the molecule is Cl.Cl.O=C(CC1CC2CCC(C1)N2)NCCc1nc(C2CCCCC2)cs1. The van der Waals surface area contributed by atoms with E-state index in [-0.39, 0.29) is 30.7 Å². The van der Waals surface area contributed by atoms with Gasteiger partial charge >= 0.3 is 0 Å². The summed E-state index contributed by atoms with van der Waals surface area (Å²) in [6.45, 7) is 0.730. The van der Waals surface area contributed by atoms with E-state index >= 15 is 0 Å². The highest BCUT2D eigenvalue weighted by Gasteiger charge is 2.34. The van der Waals surface area contributed by atoms with E-state index in [4.69, 9.17) is 4.98 Å². The van der Waals surface area contributed by atoms with Crippen LogP contribution in [-0.2, 0) is 11.2 Å². The first-order valence-electron chi connectivity index (χ1n) is 10.2. The van der Waals surface area contributed by atoms with Gasteiger partial charge in [0.2, 0.25) is 5.91 Å². The molecule has 1 saturated carbocycles.